The Balaban J connectivity index is 1.78. The number of halogens is 4. The maximum absolute atomic E-state index is 12.6. The Morgan fingerprint density at radius 2 is 1.81 bits per heavy atom. The molecule has 0 aliphatic carbocycles. The molecule has 3 rings (SSSR count). The highest BCUT2D eigenvalue weighted by Crippen LogP contribution is 2.35. The minimum atomic E-state index is -4.52. The minimum Gasteiger partial charge on any atom is -0.248 e. The van der Waals surface area contributed by atoms with E-state index in [1.54, 1.807) is 0 Å². The molecule has 0 bridgehead atoms. The van der Waals surface area contributed by atoms with Gasteiger partial charge in [0.15, 0.2) is 0 Å². The molecule has 0 aromatic carbocycles. The Kier molecular flexibility index (Phi) is 5.48. The maximum atomic E-state index is 12.6. The topological polar surface area (TPSA) is 63.2 Å². The van der Waals surface area contributed by atoms with E-state index in [0.29, 0.717) is 24.3 Å². The molecule has 1 fully saturated rings. The van der Waals surface area contributed by atoms with Gasteiger partial charge in [-0.15, -0.1) is 0 Å². The van der Waals surface area contributed by atoms with Crippen LogP contribution in [0.25, 0.3) is 0 Å². The molecule has 1 saturated heterocycles. The molecule has 0 amide bonds. The smallest absolute Gasteiger partial charge is 0.248 e. The molecule has 0 spiro atoms. The fraction of sp³-hybridized carbons (Fsp3) is 0.333. The van der Waals surface area contributed by atoms with Gasteiger partial charge in [-0.05, 0) is 42.8 Å². The van der Waals surface area contributed by atoms with Gasteiger partial charge in [-0.3, -0.25) is 0 Å². The fourth-order valence-electron chi connectivity index (χ4n) is 2.41. The molecule has 0 radical (unpaired) electrons. The number of nitrogens with zero attached hydrogens (tertiary/aromatic N) is 3. The molecule has 1 aliphatic rings. The van der Waals surface area contributed by atoms with Gasteiger partial charge in [0.05, 0.1) is 10.6 Å². The van der Waals surface area contributed by atoms with E-state index >= 15 is 0 Å². The lowest BCUT2D eigenvalue weighted by atomic mass is 10.3. The van der Waals surface area contributed by atoms with Crippen LogP contribution in [-0.4, -0.2) is 35.8 Å². The maximum Gasteiger partial charge on any atom is 0.417 e. The summed E-state index contributed by atoms with van der Waals surface area (Å²) in [6.45, 7) is 0.980. The molecule has 1 aliphatic heterocycles. The first kappa shape index (κ1) is 19.4. The third-order valence-electron chi connectivity index (χ3n) is 3.75. The van der Waals surface area contributed by atoms with E-state index in [0.717, 1.165) is 30.7 Å². The summed E-state index contributed by atoms with van der Waals surface area (Å²) in [5.74, 6) is 0. The van der Waals surface area contributed by atoms with Crippen molar-refractivity contribution in [3.8, 4) is 0 Å². The van der Waals surface area contributed by atoms with Crippen LogP contribution in [0.5, 0.6) is 0 Å². The van der Waals surface area contributed by atoms with Crippen LogP contribution in [0.2, 0.25) is 5.02 Å². The molecule has 11 heteroatoms. The Morgan fingerprint density at radius 1 is 1.12 bits per heavy atom. The molecule has 0 saturated carbocycles. The van der Waals surface area contributed by atoms with Crippen LogP contribution in [0.4, 0.5) is 13.2 Å². The second-order valence-corrected chi connectivity index (χ2v) is 8.91. The Hall–Kier alpha value is -1.36. The summed E-state index contributed by atoms with van der Waals surface area (Å²) in [6.07, 6.45) is -0.935. The molecular formula is C15H13ClF3N3O2S2. The summed E-state index contributed by atoms with van der Waals surface area (Å²) in [4.78, 5) is 7.86. The van der Waals surface area contributed by atoms with Gasteiger partial charge in [-0.2, -0.15) is 17.5 Å². The lowest BCUT2D eigenvalue weighted by Gasteiger charge is -2.15. The van der Waals surface area contributed by atoms with Crippen molar-refractivity contribution in [3.63, 3.8) is 0 Å². The average molecular weight is 424 g/mol. The Labute approximate surface area is 157 Å². The summed E-state index contributed by atoms with van der Waals surface area (Å²) >= 11 is 6.82. The van der Waals surface area contributed by atoms with E-state index in [1.807, 2.05) is 0 Å². The highest BCUT2D eigenvalue weighted by atomic mass is 35.5. The second-order valence-electron chi connectivity index (χ2n) is 5.55. The van der Waals surface area contributed by atoms with Crippen LogP contribution < -0.4 is 0 Å². The number of rotatable bonds is 4. The van der Waals surface area contributed by atoms with Gasteiger partial charge in [-0.1, -0.05) is 11.6 Å². The lowest BCUT2D eigenvalue weighted by Crippen LogP contribution is -2.27. The molecule has 3 heterocycles. The van der Waals surface area contributed by atoms with E-state index in [1.165, 1.54) is 22.6 Å². The SMILES string of the molecule is O=S(=O)(c1ccc(Sc2ncc(C(F)(F)F)cc2Cl)nc1)N1CCCC1. The van der Waals surface area contributed by atoms with Gasteiger partial charge in [-0.25, -0.2) is 18.4 Å². The number of alkyl halides is 3. The molecule has 26 heavy (non-hydrogen) atoms. The zero-order chi connectivity index (χ0) is 18.9. The lowest BCUT2D eigenvalue weighted by molar-refractivity contribution is -0.137. The summed E-state index contributed by atoms with van der Waals surface area (Å²) in [7, 11) is -3.56. The van der Waals surface area contributed by atoms with Crippen LogP contribution in [0.15, 0.2) is 45.5 Å². The van der Waals surface area contributed by atoms with Crippen molar-refractivity contribution < 1.29 is 21.6 Å². The molecule has 2 aromatic rings. The van der Waals surface area contributed by atoms with Crippen LogP contribution in [0.3, 0.4) is 0 Å². The van der Waals surface area contributed by atoms with Crippen molar-refractivity contribution in [1.82, 2.24) is 14.3 Å². The largest absolute Gasteiger partial charge is 0.417 e. The molecule has 2 aromatic heterocycles. The van der Waals surface area contributed by atoms with Crippen molar-refractivity contribution in [2.75, 3.05) is 13.1 Å². The molecule has 140 valence electrons. The van der Waals surface area contributed by atoms with Crippen LogP contribution in [0, 0.1) is 0 Å². The minimum absolute atomic E-state index is 0.0789. The molecule has 0 unspecified atom stereocenters. The number of hydrogen-bond acceptors (Lipinski definition) is 5. The highest BCUT2D eigenvalue weighted by Gasteiger charge is 2.32. The van der Waals surface area contributed by atoms with Gasteiger partial charge in [0.1, 0.15) is 14.9 Å². The van der Waals surface area contributed by atoms with Gasteiger partial charge in [0.25, 0.3) is 0 Å². The van der Waals surface area contributed by atoms with Crippen LogP contribution in [0.1, 0.15) is 18.4 Å². The Morgan fingerprint density at radius 3 is 2.35 bits per heavy atom. The number of pyridine rings is 2. The van der Waals surface area contributed by atoms with Gasteiger partial charge >= 0.3 is 6.18 Å². The van der Waals surface area contributed by atoms with Gasteiger partial charge in [0, 0.05) is 25.5 Å². The highest BCUT2D eigenvalue weighted by molar-refractivity contribution is 7.99. The second kappa shape index (κ2) is 7.34. The molecule has 0 atom stereocenters. The van der Waals surface area contributed by atoms with Crippen molar-refractivity contribution >= 4 is 33.4 Å². The third kappa shape index (κ3) is 4.13. The van der Waals surface area contributed by atoms with Crippen molar-refractivity contribution in [3.05, 3.63) is 41.2 Å². The summed E-state index contributed by atoms with van der Waals surface area (Å²) < 4.78 is 64.2. The van der Waals surface area contributed by atoms with Crippen molar-refractivity contribution in [2.45, 2.75) is 34.0 Å². The zero-order valence-electron chi connectivity index (χ0n) is 13.2. The molecule has 5 nitrogen and oxygen atoms in total. The molecular weight excluding hydrogens is 411 g/mol. The van der Waals surface area contributed by atoms with Crippen LogP contribution in [-0.2, 0) is 16.2 Å². The van der Waals surface area contributed by atoms with Crippen molar-refractivity contribution in [1.29, 1.82) is 0 Å². The number of aromatic nitrogens is 2. The first-order chi connectivity index (χ1) is 12.2. The van der Waals surface area contributed by atoms with E-state index in [4.69, 9.17) is 11.6 Å². The van der Waals surface area contributed by atoms with E-state index in [-0.39, 0.29) is 14.9 Å². The quantitative estimate of drug-likeness (QED) is 0.741. The van der Waals surface area contributed by atoms with Crippen molar-refractivity contribution in [2.24, 2.45) is 0 Å². The first-order valence-corrected chi connectivity index (χ1v) is 10.2. The predicted molar refractivity (Wildman–Crippen MR) is 90.6 cm³/mol. The average Bonchev–Trinajstić information content (AvgIpc) is 3.11. The third-order valence-corrected chi connectivity index (χ3v) is 7.00. The standard InChI is InChI=1S/C15H13ClF3N3O2S2/c16-12-7-10(15(17,18)19)8-21-14(12)25-13-4-3-11(9-20-13)26(23,24)22-5-1-2-6-22/h3-4,7-9H,1-2,5-6H2. The van der Waals surface area contributed by atoms with Gasteiger partial charge in [0.2, 0.25) is 10.0 Å². The zero-order valence-corrected chi connectivity index (χ0v) is 15.6. The number of sulfonamides is 1. The Bertz CT molecular complexity index is 899. The van der Waals surface area contributed by atoms with E-state index in [2.05, 4.69) is 9.97 Å². The van der Waals surface area contributed by atoms with E-state index in [9.17, 15) is 21.6 Å². The first-order valence-electron chi connectivity index (χ1n) is 7.55. The number of hydrogen-bond donors (Lipinski definition) is 0. The fourth-order valence-corrected chi connectivity index (χ4v) is 4.86. The summed E-state index contributed by atoms with van der Waals surface area (Å²) in [5.41, 5.74) is -0.938. The summed E-state index contributed by atoms with van der Waals surface area (Å²) in [5, 5.41) is 0.377. The van der Waals surface area contributed by atoms with Gasteiger partial charge < -0.3 is 0 Å². The van der Waals surface area contributed by atoms with Crippen LogP contribution >= 0.6 is 23.4 Å². The predicted octanol–water partition coefficient (Wildman–Crippen LogP) is 4.08. The summed E-state index contributed by atoms with van der Waals surface area (Å²) in [6, 6.07) is 3.69. The molecule has 0 N–H and O–H groups in total. The monoisotopic (exact) mass is 423 g/mol. The normalized spacial score (nSPS) is 16.2. The van der Waals surface area contributed by atoms with E-state index < -0.39 is 21.8 Å².